The molecule has 1 fully saturated rings. The lowest BCUT2D eigenvalue weighted by Crippen LogP contribution is -2.34. The highest BCUT2D eigenvalue weighted by Gasteiger charge is 2.38. The van der Waals surface area contributed by atoms with E-state index >= 15 is 0 Å². The second-order valence-corrected chi connectivity index (χ2v) is 6.94. The van der Waals surface area contributed by atoms with Gasteiger partial charge in [0.15, 0.2) is 0 Å². The zero-order chi connectivity index (χ0) is 14.8. The van der Waals surface area contributed by atoms with Gasteiger partial charge >= 0.3 is 0 Å². The molecule has 0 radical (unpaired) electrons. The zero-order valence-electron chi connectivity index (χ0n) is 11.2. The molecule has 1 atom stereocenters. The van der Waals surface area contributed by atoms with Crippen molar-refractivity contribution in [3.8, 4) is 11.8 Å². The van der Waals surface area contributed by atoms with E-state index in [9.17, 15) is 13.5 Å². The molecule has 0 saturated carbocycles. The summed E-state index contributed by atoms with van der Waals surface area (Å²) in [6.45, 7) is 2.22. The highest BCUT2D eigenvalue weighted by atomic mass is 32.2. The van der Waals surface area contributed by atoms with Crippen molar-refractivity contribution in [2.75, 3.05) is 19.6 Å². The number of aliphatic hydroxyl groups is 1. The molecule has 20 heavy (non-hydrogen) atoms. The molecule has 108 valence electrons. The summed E-state index contributed by atoms with van der Waals surface area (Å²) >= 11 is 0. The molecule has 1 aliphatic heterocycles. The van der Waals surface area contributed by atoms with Gasteiger partial charge in [-0.2, -0.15) is 4.31 Å². The summed E-state index contributed by atoms with van der Waals surface area (Å²) in [6, 6.07) is 1.47. The zero-order valence-corrected chi connectivity index (χ0v) is 12.0. The lowest BCUT2D eigenvalue weighted by Gasteiger charge is -2.18. The van der Waals surface area contributed by atoms with Gasteiger partial charge in [-0.15, -0.1) is 0 Å². The Morgan fingerprint density at radius 2 is 2.30 bits per heavy atom. The van der Waals surface area contributed by atoms with E-state index in [2.05, 4.69) is 16.8 Å². The van der Waals surface area contributed by atoms with Gasteiger partial charge in [-0.25, -0.2) is 8.42 Å². The number of rotatable bonds is 2. The monoisotopic (exact) mass is 295 g/mol. The lowest BCUT2D eigenvalue weighted by atomic mass is 10.1. The van der Waals surface area contributed by atoms with Crippen LogP contribution in [0.25, 0.3) is 0 Å². The van der Waals surface area contributed by atoms with Gasteiger partial charge in [0.05, 0.1) is 12.1 Å². The van der Waals surface area contributed by atoms with Crippen LogP contribution in [-0.2, 0) is 10.0 Å². The van der Waals surface area contributed by atoms with Crippen LogP contribution >= 0.6 is 0 Å². The average molecular weight is 295 g/mol. The minimum Gasteiger partial charge on any atom is -0.389 e. The number of nitrogens with two attached hydrogens (primary N) is 1. The largest absolute Gasteiger partial charge is 0.389 e. The van der Waals surface area contributed by atoms with Crippen molar-refractivity contribution in [2.45, 2.75) is 23.8 Å². The van der Waals surface area contributed by atoms with Crippen LogP contribution in [0.1, 0.15) is 18.9 Å². The predicted molar refractivity (Wildman–Crippen MR) is 74.2 cm³/mol. The molecule has 0 aromatic carbocycles. The molecule has 1 aliphatic rings. The number of sulfonamides is 1. The van der Waals surface area contributed by atoms with Gasteiger partial charge in [-0.05, 0) is 19.4 Å². The minimum atomic E-state index is -3.65. The molecule has 2 heterocycles. The second-order valence-electron chi connectivity index (χ2n) is 5.00. The summed E-state index contributed by atoms with van der Waals surface area (Å²) in [5.74, 6) is 5.41. The molecule has 0 bridgehead atoms. The number of aromatic nitrogens is 1. The van der Waals surface area contributed by atoms with Crippen molar-refractivity contribution in [3.05, 3.63) is 24.0 Å². The first-order valence-electron chi connectivity index (χ1n) is 6.22. The Hall–Kier alpha value is -1.46. The third kappa shape index (κ3) is 3.16. The summed E-state index contributed by atoms with van der Waals surface area (Å²) < 4.78 is 26.2. The summed E-state index contributed by atoms with van der Waals surface area (Å²) in [4.78, 5) is 3.98. The molecule has 2 rings (SSSR count). The molecular weight excluding hydrogens is 278 g/mol. The van der Waals surface area contributed by atoms with Gasteiger partial charge in [-0.3, -0.25) is 4.98 Å². The van der Waals surface area contributed by atoms with E-state index in [4.69, 9.17) is 5.73 Å². The number of hydrogen-bond donors (Lipinski definition) is 2. The van der Waals surface area contributed by atoms with Crippen molar-refractivity contribution < 1.29 is 13.5 Å². The maximum absolute atomic E-state index is 12.5. The van der Waals surface area contributed by atoms with Crippen LogP contribution in [0.5, 0.6) is 0 Å². The Morgan fingerprint density at radius 3 is 2.90 bits per heavy atom. The first-order valence-corrected chi connectivity index (χ1v) is 7.66. The SMILES string of the molecule is CC1(O)CCN(S(=O)(=O)c2cncc(C#CCN)c2)C1. The fourth-order valence-electron chi connectivity index (χ4n) is 2.04. The summed E-state index contributed by atoms with van der Waals surface area (Å²) in [5.41, 5.74) is 4.81. The number of hydrogen-bond acceptors (Lipinski definition) is 5. The van der Waals surface area contributed by atoms with Crippen LogP contribution in [0.3, 0.4) is 0 Å². The first kappa shape index (κ1) is 14.9. The standard InChI is InChI=1S/C13H17N3O3S/c1-13(17)4-6-16(10-13)20(18,19)12-7-11(3-2-5-14)8-15-9-12/h7-9,17H,4-6,10,14H2,1H3. The maximum atomic E-state index is 12.5. The van der Waals surface area contributed by atoms with E-state index < -0.39 is 15.6 Å². The van der Waals surface area contributed by atoms with Crippen LogP contribution in [0.15, 0.2) is 23.4 Å². The lowest BCUT2D eigenvalue weighted by molar-refractivity contribution is 0.0762. The second kappa shape index (κ2) is 5.50. The minimum absolute atomic E-state index is 0.0824. The molecule has 7 heteroatoms. The average Bonchev–Trinajstić information content (AvgIpc) is 2.78. The Morgan fingerprint density at radius 1 is 1.55 bits per heavy atom. The fraction of sp³-hybridized carbons (Fsp3) is 0.462. The molecule has 1 aromatic rings. The van der Waals surface area contributed by atoms with Crippen molar-refractivity contribution in [1.29, 1.82) is 0 Å². The van der Waals surface area contributed by atoms with Gasteiger partial charge in [0.2, 0.25) is 10.0 Å². The van der Waals surface area contributed by atoms with Crippen LogP contribution in [-0.4, -0.2) is 48.0 Å². The Kier molecular flexibility index (Phi) is 4.11. The summed E-state index contributed by atoms with van der Waals surface area (Å²) in [7, 11) is -3.65. The first-order chi connectivity index (χ1) is 9.35. The molecular formula is C13H17N3O3S. The van der Waals surface area contributed by atoms with E-state index in [1.807, 2.05) is 0 Å². The van der Waals surface area contributed by atoms with E-state index in [-0.39, 0.29) is 18.0 Å². The predicted octanol–water partition coefficient (Wildman–Crippen LogP) is -0.463. The summed E-state index contributed by atoms with van der Waals surface area (Å²) in [5, 5.41) is 9.89. The molecule has 0 aliphatic carbocycles. The van der Waals surface area contributed by atoms with E-state index in [0.717, 1.165) is 0 Å². The van der Waals surface area contributed by atoms with Crippen molar-refractivity contribution in [3.63, 3.8) is 0 Å². The van der Waals surface area contributed by atoms with Crippen molar-refractivity contribution >= 4 is 10.0 Å². The maximum Gasteiger partial charge on any atom is 0.244 e. The van der Waals surface area contributed by atoms with Gasteiger partial charge < -0.3 is 10.8 Å². The Bertz CT molecular complexity index is 659. The molecule has 1 aromatic heterocycles. The van der Waals surface area contributed by atoms with Gasteiger partial charge in [0.1, 0.15) is 4.90 Å². The third-order valence-corrected chi connectivity index (χ3v) is 4.91. The third-order valence-electron chi connectivity index (χ3n) is 3.10. The van der Waals surface area contributed by atoms with Crippen molar-refractivity contribution in [2.24, 2.45) is 5.73 Å². The molecule has 0 spiro atoms. The van der Waals surface area contributed by atoms with E-state index in [1.165, 1.54) is 22.8 Å². The molecule has 0 amide bonds. The topological polar surface area (TPSA) is 96.5 Å². The van der Waals surface area contributed by atoms with Gasteiger partial charge in [0, 0.05) is 31.0 Å². The Labute approximate surface area is 118 Å². The number of pyridine rings is 1. The highest BCUT2D eigenvalue weighted by molar-refractivity contribution is 7.89. The smallest absolute Gasteiger partial charge is 0.244 e. The highest BCUT2D eigenvalue weighted by Crippen LogP contribution is 2.26. The number of β-amino-alcohol motifs (C(OH)–C–C–N with tert-alkyl or cyclic N) is 1. The molecule has 1 saturated heterocycles. The van der Waals surface area contributed by atoms with Crippen LogP contribution in [0.2, 0.25) is 0 Å². The van der Waals surface area contributed by atoms with Crippen LogP contribution < -0.4 is 5.73 Å². The van der Waals surface area contributed by atoms with Gasteiger partial charge in [0.25, 0.3) is 0 Å². The molecule has 3 N–H and O–H groups in total. The summed E-state index contributed by atoms with van der Waals surface area (Å²) in [6.07, 6.45) is 3.20. The van der Waals surface area contributed by atoms with Crippen LogP contribution in [0.4, 0.5) is 0 Å². The normalized spacial score (nSPS) is 23.4. The van der Waals surface area contributed by atoms with Crippen molar-refractivity contribution in [1.82, 2.24) is 9.29 Å². The van der Waals surface area contributed by atoms with Gasteiger partial charge in [-0.1, -0.05) is 11.8 Å². The quantitative estimate of drug-likeness (QED) is 0.720. The Balaban J connectivity index is 2.31. The fourth-order valence-corrected chi connectivity index (χ4v) is 3.59. The van der Waals surface area contributed by atoms with E-state index in [0.29, 0.717) is 18.5 Å². The van der Waals surface area contributed by atoms with Crippen LogP contribution in [0, 0.1) is 11.8 Å². The van der Waals surface area contributed by atoms with E-state index in [1.54, 1.807) is 6.92 Å². The molecule has 1 unspecified atom stereocenters. The molecule has 6 nitrogen and oxygen atoms in total. The number of nitrogens with zero attached hydrogens (tertiary/aromatic N) is 2.